The van der Waals surface area contributed by atoms with Gasteiger partial charge in [0.25, 0.3) is 17.7 Å². The van der Waals surface area contributed by atoms with Crippen molar-refractivity contribution in [3.63, 3.8) is 0 Å². The highest BCUT2D eigenvalue weighted by molar-refractivity contribution is 6.22. The summed E-state index contributed by atoms with van der Waals surface area (Å²) in [6.45, 7) is 1.27. The molecule has 0 aliphatic carbocycles. The van der Waals surface area contributed by atoms with Crippen LogP contribution in [0.1, 0.15) is 49.5 Å². The lowest BCUT2D eigenvalue weighted by molar-refractivity contribution is 0.0475. The van der Waals surface area contributed by atoms with E-state index in [-0.39, 0.29) is 35.9 Å². The van der Waals surface area contributed by atoms with Gasteiger partial charge < -0.3 is 14.8 Å². The second-order valence-corrected chi connectivity index (χ2v) is 7.16. The van der Waals surface area contributed by atoms with Gasteiger partial charge >= 0.3 is 0 Å². The lowest BCUT2D eigenvalue weighted by Gasteiger charge is -2.17. The van der Waals surface area contributed by atoms with Gasteiger partial charge in [0.15, 0.2) is 0 Å². The maximum absolute atomic E-state index is 12.8. The molecule has 0 spiro atoms. The zero-order valence-corrected chi connectivity index (χ0v) is 16.1. The van der Waals surface area contributed by atoms with E-state index in [9.17, 15) is 14.4 Å². The van der Waals surface area contributed by atoms with Crippen LogP contribution in [0.4, 0.5) is 5.69 Å². The van der Waals surface area contributed by atoms with Crippen LogP contribution in [-0.2, 0) is 16.1 Å². The third kappa shape index (κ3) is 3.79. The first kappa shape index (κ1) is 19.3. The van der Waals surface area contributed by atoms with Gasteiger partial charge in [0.2, 0.25) is 0 Å². The van der Waals surface area contributed by atoms with Crippen molar-refractivity contribution in [2.75, 3.05) is 25.6 Å². The lowest BCUT2D eigenvalue weighted by Crippen LogP contribution is -2.36. The Morgan fingerprint density at radius 1 is 1.17 bits per heavy atom. The number of hydrogen-bond acceptors (Lipinski definition) is 5. The van der Waals surface area contributed by atoms with E-state index in [4.69, 9.17) is 9.47 Å². The van der Waals surface area contributed by atoms with Crippen LogP contribution in [0.5, 0.6) is 0 Å². The minimum atomic E-state index is -0.380. The van der Waals surface area contributed by atoms with E-state index in [2.05, 4.69) is 5.32 Å². The number of benzene rings is 2. The van der Waals surface area contributed by atoms with Crippen LogP contribution >= 0.6 is 0 Å². The first-order valence-corrected chi connectivity index (χ1v) is 9.58. The zero-order valence-electron chi connectivity index (χ0n) is 16.1. The van der Waals surface area contributed by atoms with Crippen molar-refractivity contribution in [2.45, 2.75) is 25.6 Å². The van der Waals surface area contributed by atoms with Crippen LogP contribution < -0.4 is 5.32 Å². The topological polar surface area (TPSA) is 84.9 Å². The molecule has 29 heavy (non-hydrogen) atoms. The summed E-state index contributed by atoms with van der Waals surface area (Å²) in [6.07, 6.45) is 1.65. The van der Waals surface area contributed by atoms with Crippen molar-refractivity contribution in [1.82, 2.24) is 4.90 Å². The molecule has 3 amide bonds. The number of para-hydroxylation sites is 1. The fourth-order valence-corrected chi connectivity index (χ4v) is 3.71. The van der Waals surface area contributed by atoms with Gasteiger partial charge in [-0.1, -0.05) is 18.2 Å². The highest BCUT2D eigenvalue weighted by Gasteiger charge is 2.37. The SMILES string of the molecule is COCc1ccccc1NC(=O)c1ccc2c(c1)C(=O)N(CC1CCCO1)C2=O. The van der Waals surface area contributed by atoms with Crippen LogP contribution in [0.15, 0.2) is 42.5 Å². The van der Waals surface area contributed by atoms with Gasteiger partial charge in [0.1, 0.15) is 0 Å². The summed E-state index contributed by atoms with van der Waals surface area (Å²) < 4.78 is 10.7. The molecule has 7 nitrogen and oxygen atoms in total. The minimum Gasteiger partial charge on any atom is -0.380 e. The smallest absolute Gasteiger partial charge is 0.261 e. The number of carbonyl (C=O) groups excluding carboxylic acids is 3. The number of rotatable bonds is 6. The number of imide groups is 1. The molecule has 2 heterocycles. The Labute approximate surface area is 168 Å². The molecule has 0 bridgehead atoms. The summed E-state index contributed by atoms with van der Waals surface area (Å²) in [5, 5.41) is 2.85. The summed E-state index contributed by atoms with van der Waals surface area (Å²) in [5.41, 5.74) is 2.38. The number of methoxy groups -OCH3 is 1. The van der Waals surface area contributed by atoms with Gasteiger partial charge in [-0.2, -0.15) is 0 Å². The van der Waals surface area contributed by atoms with Gasteiger partial charge in [0, 0.05) is 30.5 Å². The van der Waals surface area contributed by atoms with Gasteiger partial charge in [-0.25, -0.2) is 0 Å². The molecule has 0 radical (unpaired) electrons. The molecule has 7 heteroatoms. The maximum atomic E-state index is 12.8. The van der Waals surface area contributed by atoms with Crippen molar-refractivity contribution in [3.8, 4) is 0 Å². The first-order valence-electron chi connectivity index (χ1n) is 9.58. The van der Waals surface area contributed by atoms with Crippen LogP contribution in [0.25, 0.3) is 0 Å². The van der Waals surface area contributed by atoms with Crippen LogP contribution in [0, 0.1) is 0 Å². The molecule has 4 rings (SSSR count). The molecule has 0 aromatic heterocycles. The average molecular weight is 394 g/mol. The van der Waals surface area contributed by atoms with E-state index in [1.54, 1.807) is 25.3 Å². The number of fused-ring (bicyclic) bond motifs is 1. The van der Waals surface area contributed by atoms with Crippen LogP contribution in [-0.4, -0.2) is 49.0 Å². The van der Waals surface area contributed by atoms with Gasteiger partial charge in [-0.05, 0) is 37.1 Å². The Bertz CT molecular complexity index is 965. The fraction of sp³-hybridized carbons (Fsp3) is 0.318. The summed E-state index contributed by atoms with van der Waals surface area (Å²) in [5.74, 6) is -1.07. The van der Waals surface area contributed by atoms with E-state index in [1.165, 1.54) is 11.0 Å². The number of amides is 3. The number of anilines is 1. The molecule has 1 unspecified atom stereocenters. The Hall–Kier alpha value is -3.03. The van der Waals surface area contributed by atoms with E-state index in [1.807, 2.05) is 18.2 Å². The number of carbonyl (C=O) groups is 3. The van der Waals surface area contributed by atoms with E-state index in [0.29, 0.717) is 30.0 Å². The molecule has 1 atom stereocenters. The van der Waals surface area contributed by atoms with E-state index >= 15 is 0 Å². The van der Waals surface area contributed by atoms with Crippen LogP contribution in [0.3, 0.4) is 0 Å². The molecule has 2 aliphatic heterocycles. The third-order valence-electron chi connectivity index (χ3n) is 5.21. The summed E-state index contributed by atoms with van der Waals surface area (Å²) in [6, 6.07) is 11.9. The second kappa shape index (κ2) is 8.14. The molecule has 2 aromatic carbocycles. The molecule has 150 valence electrons. The summed E-state index contributed by atoms with van der Waals surface area (Å²) in [7, 11) is 1.59. The molecule has 1 saturated heterocycles. The normalized spacial score (nSPS) is 18.2. The molecular weight excluding hydrogens is 372 g/mol. The Balaban J connectivity index is 1.53. The fourth-order valence-electron chi connectivity index (χ4n) is 3.71. The molecule has 2 aromatic rings. The predicted octanol–water partition coefficient (Wildman–Crippen LogP) is 2.86. The number of nitrogens with zero attached hydrogens (tertiary/aromatic N) is 1. The maximum Gasteiger partial charge on any atom is 0.261 e. The molecule has 0 saturated carbocycles. The quantitative estimate of drug-likeness (QED) is 0.762. The molecule has 1 fully saturated rings. The highest BCUT2D eigenvalue weighted by Crippen LogP contribution is 2.26. The predicted molar refractivity (Wildman–Crippen MR) is 106 cm³/mol. The van der Waals surface area contributed by atoms with Crippen molar-refractivity contribution in [1.29, 1.82) is 0 Å². The highest BCUT2D eigenvalue weighted by atomic mass is 16.5. The molecule has 1 N–H and O–H groups in total. The number of nitrogens with one attached hydrogen (secondary N) is 1. The number of ether oxygens (including phenoxy) is 2. The largest absolute Gasteiger partial charge is 0.380 e. The van der Waals surface area contributed by atoms with Gasteiger partial charge in [0.05, 0.1) is 30.4 Å². The summed E-state index contributed by atoms with van der Waals surface area (Å²) >= 11 is 0. The van der Waals surface area contributed by atoms with Crippen molar-refractivity contribution >= 4 is 23.4 Å². The Kier molecular flexibility index (Phi) is 5.42. The monoisotopic (exact) mass is 394 g/mol. The molecule has 2 aliphatic rings. The minimum absolute atomic E-state index is 0.114. The Morgan fingerprint density at radius 2 is 1.97 bits per heavy atom. The van der Waals surface area contributed by atoms with Gasteiger partial charge in [-0.15, -0.1) is 0 Å². The van der Waals surface area contributed by atoms with Crippen molar-refractivity contribution in [2.24, 2.45) is 0 Å². The summed E-state index contributed by atoms with van der Waals surface area (Å²) in [4.78, 5) is 39.3. The molecular formula is C22H22N2O5. The van der Waals surface area contributed by atoms with Crippen molar-refractivity contribution < 1.29 is 23.9 Å². The lowest BCUT2D eigenvalue weighted by atomic mass is 10.0. The second-order valence-electron chi connectivity index (χ2n) is 7.16. The first-order chi connectivity index (χ1) is 14.1. The zero-order chi connectivity index (χ0) is 20.4. The number of hydrogen-bond donors (Lipinski definition) is 1. The van der Waals surface area contributed by atoms with Crippen LogP contribution in [0.2, 0.25) is 0 Å². The standard InChI is InChI=1S/C22H22N2O5/c1-28-13-15-5-2-3-7-19(15)23-20(25)14-8-9-17-18(11-14)22(27)24(21(17)26)12-16-6-4-10-29-16/h2-3,5,7-9,11,16H,4,6,10,12-13H2,1H3,(H,23,25). The van der Waals surface area contributed by atoms with Gasteiger partial charge in [-0.3, -0.25) is 19.3 Å². The Morgan fingerprint density at radius 3 is 2.72 bits per heavy atom. The average Bonchev–Trinajstić information content (AvgIpc) is 3.32. The van der Waals surface area contributed by atoms with E-state index < -0.39 is 0 Å². The van der Waals surface area contributed by atoms with E-state index in [0.717, 1.165) is 18.4 Å². The third-order valence-corrected chi connectivity index (χ3v) is 5.21. The van der Waals surface area contributed by atoms with Crippen molar-refractivity contribution in [3.05, 3.63) is 64.7 Å².